The van der Waals surface area contributed by atoms with Gasteiger partial charge in [0.05, 0.1) is 0 Å². The van der Waals surface area contributed by atoms with Gasteiger partial charge in [0.1, 0.15) is 11.6 Å². The summed E-state index contributed by atoms with van der Waals surface area (Å²) in [7, 11) is 0. The minimum absolute atomic E-state index is 0.000856. The molecule has 3 aliphatic rings. The second-order valence-corrected chi connectivity index (χ2v) is 5.91. The molecule has 2 nitrogen and oxygen atoms in total. The summed E-state index contributed by atoms with van der Waals surface area (Å²) in [4.78, 5) is 24.1. The summed E-state index contributed by atoms with van der Waals surface area (Å²) in [5.74, 6) is 1.63. The van der Waals surface area contributed by atoms with Gasteiger partial charge in [0.15, 0.2) is 0 Å². The van der Waals surface area contributed by atoms with E-state index >= 15 is 0 Å². The molecule has 3 rings (SSSR count). The van der Waals surface area contributed by atoms with E-state index in [0.29, 0.717) is 23.9 Å². The molecule has 0 amide bonds. The summed E-state index contributed by atoms with van der Waals surface area (Å²) in [6, 6.07) is 0. The normalized spacial score (nSPS) is 53.5. The van der Waals surface area contributed by atoms with Crippen LogP contribution in [-0.2, 0) is 9.59 Å². The largest absolute Gasteiger partial charge is 0.299 e. The number of rotatable bonds is 0. The van der Waals surface area contributed by atoms with Crippen molar-refractivity contribution in [2.24, 2.45) is 29.1 Å². The lowest BCUT2D eigenvalue weighted by atomic mass is 9.65. The molecular formula is C13H18O2. The zero-order chi connectivity index (χ0) is 10.8. The summed E-state index contributed by atoms with van der Waals surface area (Å²) in [5, 5.41) is 0. The average molecular weight is 206 g/mol. The van der Waals surface area contributed by atoms with Crippen molar-refractivity contribution in [3.63, 3.8) is 0 Å². The van der Waals surface area contributed by atoms with E-state index in [2.05, 4.69) is 6.92 Å². The van der Waals surface area contributed by atoms with Crippen molar-refractivity contribution in [2.45, 2.75) is 39.5 Å². The highest BCUT2D eigenvalue weighted by molar-refractivity contribution is 5.97. The Kier molecular flexibility index (Phi) is 1.73. The number of Topliss-reactive ketones (excluding diaryl/α,β-unsaturated/α-hetero) is 2. The Morgan fingerprint density at radius 2 is 1.93 bits per heavy atom. The molecule has 5 unspecified atom stereocenters. The Morgan fingerprint density at radius 1 is 1.20 bits per heavy atom. The Labute approximate surface area is 90.4 Å². The zero-order valence-electron chi connectivity index (χ0n) is 9.45. The van der Waals surface area contributed by atoms with Crippen LogP contribution >= 0.6 is 0 Å². The number of carbonyl (C=O) groups is 2. The van der Waals surface area contributed by atoms with Gasteiger partial charge in [0.25, 0.3) is 0 Å². The SMILES string of the molecule is CC1C(=O)CC23CC1C(=O)C2CCC3C. The molecule has 5 atom stereocenters. The second kappa shape index (κ2) is 2.72. The molecule has 1 spiro atoms. The summed E-state index contributed by atoms with van der Waals surface area (Å²) >= 11 is 0. The third-order valence-corrected chi connectivity index (χ3v) is 5.49. The fraction of sp³-hybridized carbons (Fsp3) is 0.846. The molecule has 0 aromatic carbocycles. The fourth-order valence-corrected chi connectivity index (χ4v) is 4.38. The first-order valence-electron chi connectivity index (χ1n) is 6.13. The van der Waals surface area contributed by atoms with E-state index in [9.17, 15) is 9.59 Å². The highest BCUT2D eigenvalue weighted by Crippen LogP contribution is 2.63. The average Bonchev–Trinajstić information content (AvgIpc) is 2.61. The maximum atomic E-state index is 12.2. The lowest BCUT2D eigenvalue weighted by Crippen LogP contribution is -2.36. The summed E-state index contributed by atoms with van der Waals surface area (Å²) in [5.41, 5.74) is 0.0886. The van der Waals surface area contributed by atoms with E-state index in [0.717, 1.165) is 19.3 Å². The van der Waals surface area contributed by atoms with Crippen molar-refractivity contribution >= 4 is 11.6 Å². The quantitative estimate of drug-likeness (QED) is 0.609. The van der Waals surface area contributed by atoms with Gasteiger partial charge in [-0.05, 0) is 30.6 Å². The Hall–Kier alpha value is -0.660. The molecule has 0 aliphatic heterocycles. The monoisotopic (exact) mass is 206 g/mol. The van der Waals surface area contributed by atoms with Crippen molar-refractivity contribution in [1.82, 2.24) is 0 Å². The highest BCUT2D eigenvalue weighted by Gasteiger charge is 2.63. The molecule has 0 aromatic heterocycles. The number of hydrogen-bond donors (Lipinski definition) is 0. The molecule has 0 saturated heterocycles. The minimum atomic E-state index is 0.000856. The van der Waals surface area contributed by atoms with Crippen LogP contribution in [0.2, 0.25) is 0 Å². The molecule has 0 N–H and O–H groups in total. The molecule has 3 saturated carbocycles. The van der Waals surface area contributed by atoms with E-state index in [-0.39, 0.29) is 23.2 Å². The van der Waals surface area contributed by atoms with Gasteiger partial charge in [0, 0.05) is 24.2 Å². The molecule has 82 valence electrons. The second-order valence-electron chi connectivity index (χ2n) is 5.91. The maximum absolute atomic E-state index is 12.2. The third kappa shape index (κ3) is 0.957. The van der Waals surface area contributed by atoms with Crippen LogP contribution in [0.1, 0.15) is 39.5 Å². The van der Waals surface area contributed by atoms with Crippen LogP contribution in [-0.4, -0.2) is 11.6 Å². The topological polar surface area (TPSA) is 34.1 Å². The van der Waals surface area contributed by atoms with E-state index < -0.39 is 0 Å². The molecule has 0 radical (unpaired) electrons. The summed E-state index contributed by atoms with van der Waals surface area (Å²) in [6.07, 6.45) is 3.87. The Bertz CT molecular complexity index is 346. The van der Waals surface area contributed by atoms with Crippen LogP contribution < -0.4 is 0 Å². The van der Waals surface area contributed by atoms with Crippen LogP contribution in [0.3, 0.4) is 0 Å². The molecule has 3 aliphatic carbocycles. The fourth-order valence-electron chi connectivity index (χ4n) is 4.38. The van der Waals surface area contributed by atoms with E-state index in [1.807, 2.05) is 6.92 Å². The van der Waals surface area contributed by atoms with Crippen LogP contribution in [0.5, 0.6) is 0 Å². The van der Waals surface area contributed by atoms with Gasteiger partial charge >= 0.3 is 0 Å². The molecule has 0 aromatic rings. The van der Waals surface area contributed by atoms with Crippen molar-refractivity contribution in [2.75, 3.05) is 0 Å². The maximum Gasteiger partial charge on any atom is 0.140 e. The summed E-state index contributed by atoms with van der Waals surface area (Å²) in [6.45, 7) is 4.18. The van der Waals surface area contributed by atoms with Crippen molar-refractivity contribution in [3.8, 4) is 0 Å². The predicted octanol–water partition coefficient (Wildman–Crippen LogP) is 2.22. The number of carbonyl (C=O) groups excluding carboxylic acids is 2. The van der Waals surface area contributed by atoms with Gasteiger partial charge < -0.3 is 0 Å². The number of fused-ring (bicyclic) bond motifs is 1. The molecule has 0 heterocycles. The number of hydrogen-bond acceptors (Lipinski definition) is 2. The van der Waals surface area contributed by atoms with Crippen molar-refractivity contribution in [1.29, 1.82) is 0 Å². The Balaban J connectivity index is 2.07. The first kappa shape index (κ1) is 9.56. The van der Waals surface area contributed by atoms with Crippen LogP contribution in [0.15, 0.2) is 0 Å². The standard InChI is InChI=1S/C13H18O2/c1-7-3-4-10-12(15)9-5-13(7,10)6-11(14)8(9)2/h7-10H,3-6H2,1-2H3. The van der Waals surface area contributed by atoms with Crippen molar-refractivity contribution in [3.05, 3.63) is 0 Å². The van der Waals surface area contributed by atoms with E-state index in [1.165, 1.54) is 0 Å². The van der Waals surface area contributed by atoms with Gasteiger partial charge in [0.2, 0.25) is 0 Å². The lowest BCUT2D eigenvalue weighted by molar-refractivity contribution is -0.132. The van der Waals surface area contributed by atoms with E-state index in [1.54, 1.807) is 0 Å². The smallest absolute Gasteiger partial charge is 0.140 e. The van der Waals surface area contributed by atoms with Gasteiger partial charge in [-0.25, -0.2) is 0 Å². The van der Waals surface area contributed by atoms with Crippen molar-refractivity contribution < 1.29 is 9.59 Å². The zero-order valence-corrected chi connectivity index (χ0v) is 9.45. The summed E-state index contributed by atoms with van der Waals surface area (Å²) < 4.78 is 0. The van der Waals surface area contributed by atoms with Gasteiger partial charge in [-0.1, -0.05) is 13.8 Å². The third-order valence-electron chi connectivity index (χ3n) is 5.49. The predicted molar refractivity (Wildman–Crippen MR) is 56.2 cm³/mol. The van der Waals surface area contributed by atoms with Gasteiger partial charge in [-0.3, -0.25) is 9.59 Å². The molecule has 2 heteroatoms. The first-order chi connectivity index (χ1) is 7.06. The van der Waals surface area contributed by atoms with E-state index in [4.69, 9.17) is 0 Å². The molecule has 15 heavy (non-hydrogen) atoms. The van der Waals surface area contributed by atoms with Crippen LogP contribution in [0.25, 0.3) is 0 Å². The lowest BCUT2D eigenvalue weighted by Gasteiger charge is -2.37. The molecule has 2 bridgehead atoms. The molecular weight excluding hydrogens is 188 g/mol. The highest BCUT2D eigenvalue weighted by atomic mass is 16.1. The van der Waals surface area contributed by atoms with Crippen LogP contribution in [0, 0.1) is 29.1 Å². The first-order valence-corrected chi connectivity index (χ1v) is 6.13. The van der Waals surface area contributed by atoms with Gasteiger partial charge in [-0.15, -0.1) is 0 Å². The Morgan fingerprint density at radius 3 is 2.67 bits per heavy atom. The minimum Gasteiger partial charge on any atom is -0.299 e. The molecule has 3 fully saturated rings. The van der Waals surface area contributed by atoms with Crippen LogP contribution in [0.4, 0.5) is 0 Å². The van der Waals surface area contributed by atoms with Gasteiger partial charge in [-0.2, -0.15) is 0 Å². The number of ketones is 2.